The summed E-state index contributed by atoms with van der Waals surface area (Å²) in [6, 6.07) is -0.857. The number of aliphatic hydroxyl groups is 1. The third-order valence-corrected chi connectivity index (χ3v) is 3.90. The predicted octanol–water partition coefficient (Wildman–Crippen LogP) is 0.500. The summed E-state index contributed by atoms with van der Waals surface area (Å²) in [6.45, 7) is 4.24. The van der Waals surface area contributed by atoms with Gasteiger partial charge in [-0.25, -0.2) is 9.59 Å². The number of hydrogen-bond donors (Lipinski definition) is 4. The molecule has 25 heavy (non-hydrogen) atoms. The van der Waals surface area contributed by atoms with Gasteiger partial charge in [-0.15, -0.1) is 0 Å². The third kappa shape index (κ3) is 6.18. The number of carbonyl (C=O) groups is 2. The van der Waals surface area contributed by atoms with E-state index in [-0.39, 0.29) is 18.2 Å². The van der Waals surface area contributed by atoms with E-state index in [9.17, 15) is 19.2 Å². The molecule has 1 aromatic heterocycles. The number of nitrogens with one attached hydrogen (secondary N) is 3. The molecule has 0 aliphatic heterocycles. The van der Waals surface area contributed by atoms with Crippen molar-refractivity contribution in [1.82, 2.24) is 20.2 Å². The average molecular weight is 354 g/mol. The summed E-state index contributed by atoms with van der Waals surface area (Å²) in [5.41, 5.74) is -1.70. The molecule has 4 N–H and O–H groups in total. The van der Waals surface area contributed by atoms with E-state index in [0.717, 1.165) is 6.42 Å². The summed E-state index contributed by atoms with van der Waals surface area (Å²) >= 11 is 0. The number of nitrogens with zero attached hydrogens (tertiary/aromatic N) is 1. The van der Waals surface area contributed by atoms with Gasteiger partial charge in [0.15, 0.2) is 0 Å². The summed E-state index contributed by atoms with van der Waals surface area (Å²) < 4.78 is 1.31. The lowest BCUT2D eigenvalue weighted by atomic mass is 10.1. The zero-order chi connectivity index (χ0) is 18.8. The molecule has 0 atom stereocenters. The van der Waals surface area contributed by atoms with E-state index in [4.69, 9.17) is 5.11 Å². The largest absolute Gasteiger partial charge is 0.396 e. The molecule has 0 saturated heterocycles. The van der Waals surface area contributed by atoms with Crippen molar-refractivity contribution in [3.63, 3.8) is 0 Å². The molecule has 0 fully saturated rings. The summed E-state index contributed by atoms with van der Waals surface area (Å²) in [7, 11) is 0. The minimum Gasteiger partial charge on any atom is -0.396 e. The van der Waals surface area contributed by atoms with Gasteiger partial charge in [0.2, 0.25) is 0 Å². The van der Waals surface area contributed by atoms with E-state index in [0.29, 0.717) is 32.2 Å². The van der Waals surface area contributed by atoms with Gasteiger partial charge in [-0.1, -0.05) is 13.8 Å². The molecule has 9 nitrogen and oxygen atoms in total. The summed E-state index contributed by atoms with van der Waals surface area (Å²) in [4.78, 5) is 49.7. The van der Waals surface area contributed by atoms with Gasteiger partial charge in [-0.2, -0.15) is 0 Å². The van der Waals surface area contributed by atoms with E-state index in [1.807, 2.05) is 13.8 Å². The Bertz CT molecular complexity index is 691. The number of urea groups is 1. The van der Waals surface area contributed by atoms with Crippen molar-refractivity contribution in [1.29, 1.82) is 0 Å². The fraction of sp³-hybridized carbons (Fsp3) is 0.625. The van der Waals surface area contributed by atoms with Crippen molar-refractivity contribution >= 4 is 11.9 Å². The first-order valence-electron chi connectivity index (χ1n) is 8.50. The van der Waals surface area contributed by atoms with Crippen molar-refractivity contribution < 1.29 is 14.7 Å². The maximum Gasteiger partial charge on any atom is 0.328 e. The van der Waals surface area contributed by atoms with Crippen molar-refractivity contribution in [2.75, 3.05) is 13.2 Å². The second kappa shape index (κ2) is 10.4. The van der Waals surface area contributed by atoms with Crippen LogP contribution >= 0.6 is 0 Å². The number of unbranched alkanes of at least 4 members (excludes halogenated alkanes) is 2. The topological polar surface area (TPSA) is 133 Å². The minimum atomic E-state index is -0.867. The highest BCUT2D eigenvalue weighted by atomic mass is 16.3. The first kappa shape index (κ1) is 20.6. The Balaban J connectivity index is 2.78. The monoisotopic (exact) mass is 354 g/mol. The molecule has 0 saturated carbocycles. The van der Waals surface area contributed by atoms with Gasteiger partial charge in [0.05, 0.1) is 0 Å². The number of hydrogen-bond acceptors (Lipinski definition) is 5. The minimum absolute atomic E-state index is 0.0969. The third-order valence-electron chi connectivity index (χ3n) is 3.90. The van der Waals surface area contributed by atoms with Crippen molar-refractivity contribution in [2.45, 2.75) is 52.0 Å². The maximum absolute atomic E-state index is 12.1. The fourth-order valence-electron chi connectivity index (χ4n) is 2.43. The standard InChI is InChI=1S/C16H26N4O5/c1-3-11(4-2)20-10-12(14(23)19-16(20)25)13(22)18-15(24)17-8-6-5-7-9-21/h10-11,21H,3-9H2,1-2H3,(H,19,23,25)(H2,17,18,22,24). The molecule has 0 bridgehead atoms. The van der Waals surface area contributed by atoms with E-state index in [1.54, 1.807) is 0 Å². The van der Waals surface area contributed by atoms with E-state index < -0.39 is 23.2 Å². The van der Waals surface area contributed by atoms with Crippen LogP contribution in [0.25, 0.3) is 0 Å². The van der Waals surface area contributed by atoms with Crippen molar-refractivity contribution in [3.8, 4) is 0 Å². The van der Waals surface area contributed by atoms with Crippen LogP contribution in [0.3, 0.4) is 0 Å². The first-order valence-corrected chi connectivity index (χ1v) is 8.50. The van der Waals surface area contributed by atoms with Crippen LogP contribution < -0.4 is 21.9 Å². The molecule has 1 aromatic rings. The number of H-pyrrole nitrogens is 1. The van der Waals surface area contributed by atoms with Crippen LogP contribution in [0.1, 0.15) is 62.4 Å². The normalized spacial score (nSPS) is 10.7. The molecular weight excluding hydrogens is 328 g/mol. The van der Waals surface area contributed by atoms with Gasteiger partial charge >= 0.3 is 11.7 Å². The summed E-state index contributed by atoms with van der Waals surface area (Å²) in [5.74, 6) is -0.867. The molecule has 9 heteroatoms. The first-order chi connectivity index (χ1) is 11.9. The zero-order valence-electron chi connectivity index (χ0n) is 14.6. The van der Waals surface area contributed by atoms with Gasteiger partial charge in [-0.3, -0.25) is 24.5 Å². The highest BCUT2D eigenvalue weighted by molar-refractivity contribution is 6.03. The molecule has 0 aromatic carbocycles. The molecule has 3 amide bonds. The zero-order valence-corrected chi connectivity index (χ0v) is 14.6. The average Bonchev–Trinajstić information content (AvgIpc) is 2.57. The molecule has 0 spiro atoms. The van der Waals surface area contributed by atoms with Crippen LogP contribution in [-0.4, -0.2) is 39.7 Å². The van der Waals surface area contributed by atoms with Crippen LogP contribution in [0.2, 0.25) is 0 Å². The predicted molar refractivity (Wildman–Crippen MR) is 92.7 cm³/mol. The van der Waals surface area contributed by atoms with Gasteiger partial charge in [-0.05, 0) is 32.1 Å². The van der Waals surface area contributed by atoms with Crippen LogP contribution in [0, 0.1) is 0 Å². The van der Waals surface area contributed by atoms with Gasteiger partial charge in [0.1, 0.15) is 5.56 Å². The Morgan fingerprint density at radius 3 is 2.48 bits per heavy atom. The molecule has 0 unspecified atom stereocenters. The molecule has 0 aliphatic rings. The smallest absolute Gasteiger partial charge is 0.328 e. The molecule has 1 rings (SSSR count). The number of amides is 3. The second-order valence-electron chi connectivity index (χ2n) is 5.67. The lowest BCUT2D eigenvalue weighted by molar-refractivity contribution is 0.0961. The second-order valence-corrected chi connectivity index (χ2v) is 5.67. The maximum atomic E-state index is 12.1. The number of aromatic amines is 1. The highest BCUT2D eigenvalue weighted by Crippen LogP contribution is 2.12. The number of aromatic nitrogens is 2. The quantitative estimate of drug-likeness (QED) is 0.479. The number of aliphatic hydroxyl groups excluding tert-OH is 1. The Hall–Kier alpha value is -2.42. The molecule has 140 valence electrons. The van der Waals surface area contributed by atoms with Gasteiger partial charge < -0.3 is 10.4 Å². The Morgan fingerprint density at radius 2 is 1.88 bits per heavy atom. The number of rotatable bonds is 9. The SMILES string of the molecule is CCC(CC)n1cc(C(=O)NC(=O)NCCCCCO)c(=O)[nH]c1=O. The lowest BCUT2D eigenvalue weighted by Crippen LogP contribution is -2.43. The Labute approximate surface area is 145 Å². The molecular formula is C16H26N4O5. The van der Waals surface area contributed by atoms with Crippen LogP contribution in [-0.2, 0) is 0 Å². The van der Waals surface area contributed by atoms with E-state index >= 15 is 0 Å². The Morgan fingerprint density at radius 1 is 1.20 bits per heavy atom. The van der Waals surface area contributed by atoms with E-state index in [1.165, 1.54) is 10.8 Å². The lowest BCUT2D eigenvalue weighted by Gasteiger charge is -2.16. The number of imide groups is 1. The number of carbonyl (C=O) groups excluding carboxylic acids is 2. The van der Waals surface area contributed by atoms with Crippen molar-refractivity contribution in [2.24, 2.45) is 0 Å². The molecule has 0 radical (unpaired) electrons. The molecule has 1 heterocycles. The fourth-order valence-corrected chi connectivity index (χ4v) is 2.43. The molecule has 0 aliphatic carbocycles. The van der Waals surface area contributed by atoms with Gasteiger partial charge in [0.25, 0.3) is 11.5 Å². The highest BCUT2D eigenvalue weighted by Gasteiger charge is 2.18. The van der Waals surface area contributed by atoms with E-state index in [2.05, 4.69) is 15.6 Å². The van der Waals surface area contributed by atoms with Gasteiger partial charge in [0, 0.05) is 25.4 Å². The summed E-state index contributed by atoms with van der Waals surface area (Å²) in [6.07, 6.45) is 4.60. The van der Waals surface area contributed by atoms with Crippen LogP contribution in [0.5, 0.6) is 0 Å². The summed E-state index contributed by atoms with van der Waals surface area (Å²) in [5, 5.41) is 13.2. The van der Waals surface area contributed by atoms with Crippen LogP contribution in [0.15, 0.2) is 15.8 Å². The van der Waals surface area contributed by atoms with Crippen LogP contribution in [0.4, 0.5) is 4.79 Å². The van der Waals surface area contributed by atoms with Crippen molar-refractivity contribution in [3.05, 3.63) is 32.6 Å². The Kier molecular flexibility index (Phi) is 8.62.